The van der Waals surface area contributed by atoms with Gasteiger partial charge in [0.15, 0.2) is 0 Å². The number of rotatable bonds is 8. The lowest BCUT2D eigenvalue weighted by molar-refractivity contribution is 0.145. The molecule has 2 rings (SSSR count). The quantitative estimate of drug-likeness (QED) is 0.757. The fourth-order valence-corrected chi connectivity index (χ4v) is 2.31. The van der Waals surface area contributed by atoms with Crippen LogP contribution in [0.1, 0.15) is 29.9 Å². The van der Waals surface area contributed by atoms with Gasteiger partial charge in [0.1, 0.15) is 18.1 Å². The van der Waals surface area contributed by atoms with E-state index in [0.29, 0.717) is 13.2 Å². The zero-order chi connectivity index (χ0) is 15.1. The first-order chi connectivity index (χ1) is 10.3. The highest BCUT2D eigenvalue weighted by Gasteiger charge is 2.19. The summed E-state index contributed by atoms with van der Waals surface area (Å²) in [5.41, 5.74) is 2.22. The number of hydrogen-bond donors (Lipinski definition) is 1. The summed E-state index contributed by atoms with van der Waals surface area (Å²) in [5, 5.41) is 3.49. The molecule has 4 nitrogen and oxygen atoms in total. The molecule has 0 saturated heterocycles. The topological polar surface area (TPSA) is 43.6 Å². The molecule has 1 aromatic heterocycles. The average Bonchev–Trinajstić information content (AvgIpc) is 2.92. The monoisotopic (exact) mass is 289 g/mol. The number of para-hydroxylation sites is 1. The number of furan rings is 1. The van der Waals surface area contributed by atoms with Gasteiger partial charge < -0.3 is 19.2 Å². The Morgan fingerprint density at radius 1 is 1.24 bits per heavy atom. The molecule has 0 aliphatic heterocycles. The second-order valence-electron chi connectivity index (χ2n) is 4.86. The van der Waals surface area contributed by atoms with Gasteiger partial charge in [-0.3, -0.25) is 0 Å². The zero-order valence-electron chi connectivity index (χ0n) is 12.9. The number of ether oxygens (including phenoxy) is 2. The maximum atomic E-state index is 5.84. The van der Waals surface area contributed by atoms with Crippen LogP contribution < -0.4 is 10.1 Å². The van der Waals surface area contributed by atoms with E-state index in [4.69, 9.17) is 13.9 Å². The largest absolute Gasteiger partial charge is 0.491 e. The van der Waals surface area contributed by atoms with Crippen molar-refractivity contribution in [2.75, 3.05) is 26.9 Å². The van der Waals surface area contributed by atoms with Crippen molar-refractivity contribution in [3.05, 3.63) is 53.5 Å². The molecular formula is C17H23NO3. The van der Waals surface area contributed by atoms with E-state index in [9.17, 15) is 0 Å². The van der Waals surface area contributed by atoms with E-state index in [1.807, 2.05) is 25.1 Å². The summed E-state index contributed by atoms with van der Waals surface area (Å²) in [7, 11) is 1.67. The molecule has 1 atom stereocenters. The van der Waals surface area contributed by atoms with E-state index in [-0.39, 0.29) is 6.04 Å². The Morgan fingerprint density at radius 3 is 2.71 bits per heavy atom. The molecule has 21 heavy (non-hydrogen) atoms. The highest BCUT2D eigenvalue weighted by molar-refractivity contribution is 5.41. The molecule has 0 amide bonds. The summed E-state index contributed by atoms with van der Waals surface area (Å²) in [6.45, 7) is 6.02. The molecule has 1 heterocycles. The maximum Gasteiger partial charge on any atom is 0.124 e. The first-order valence-corrected chi connectivity index (χ1v) is 7.25. The normalized spacial score (nSPS) is 12.3. The van der Waals surface area contributed by atoms with Crippen LogP contribution in [0.3, 0.4) is 0 Å². The molecule has 0 aliphatic carbocycles. The Bertz CT molecular complexity index is 550. The minimum absolute atomic E-state index is 0.0613. The average molecular weight is 289 g/mol. The predicted molar refractivity (Wildman–Crippen MR) is 82.8 cm³/mol. The van der Waals surface area contributed by atoms with E-state index in [2.05, 4.69) is 24.4 Å². The minimum atomic E-state index is 0.0613. The van der Waals surface area contributed by atoms with Crippen LogP contribution >= 0.6 is 0 Å². The lowest BCUT2D eigenvalue weighted by Gasteiger charge is -2.20. The third-order valence-electron chi connectivity index (χ3n) is 3.27. The van der Waals surface area contributed by atoms with Crippen molar-refractivity contribution in [1.82, 2.24) is 5.32 Å². The van der Waals surface area contributed by atoms with Gasteiger partial charge in [0, 0.05) is 18.2 Å². The summed E-state index contributed by atoms with van der Waals surface area (Å²) in [6, 6.07) is 10.2. The Balaban J connectivity index is 2.27. The first-order valence-electron chi connectivity index (χ1n) is 7.25. The first kappa shape index (κ1) is 15.6. The second-order valence-corrected chi connectivity index (χ2v) is 4.86. The molecule has 0 radical (unpaired) electrons. The van der Waals surface area contributed by atoms with Gasteiger partial charge in [-0.25, -0.2) is 0 Å². The molecule has 0 spiro atoms. The van der Waals surface area contributed by atoms with Gasteiger partial charge in [-0.1, -0.05) is 25.1 Å². The molecule has 1 unspecified atom stereocenters. The number of methoxy groups -OCH3 is 1. The van der Waals surface area contributed by atoms with E-state index >= 15 is 0 Å². The molecule has 2 aromatic rings. The zero-order valence-corrected chi connectivity index (χ0v) is 12.9. The number of aryl methyl sites for hydroxylation is 1. The van der Waals surface area contributed by atoms with Crippen LogP contribution in [0.2, 0.25) is 0 Å². The third-order valence-corrected chi connectivity index (χ3v) is 3.27. The number of nitrogens with one attached hydrogen (secondary N) is 1. The maximum absolute atomic E-state index is 5.84. The Kier molecular flexibility index (Phi) is 5.84. The lowest BCUT2D eigenvalue weighted by Crippen LogP contribution is -2.22. The Hall–Kier alpha value is -1.78. The molecular weight excluding hydrogens is 266 g/mol. The molecule has 0 bridgehead atoms. The van der Waals surface area contributed by atoms with Crippen molar-refractivity contribution in [3.8, 4) is 5.75 Å². The predicted octanol–water partition coefficient (Wildman–Crippen LogP) is 3.31. The molecule has 4 heteroatoms. The molecule has 1 aromatic carbocycles. The lowest BCUT2D eigenvalue weighted by atomic mass is 10.00. The minimum Gasteiger partial charge on any atom is -0.491 e. The van der Waals surface area contributed by atoms with Crippen molar-refractivity contribution in [2.45, 2.75) is 19.9 Å². The van der Waals surface area contributed by atoms with Gasteiger partial charge in [0.2, 0.25) is 0 Å². The third kappa shape index (κ3) is 4.09. The highest BCUT2D eigenvalue weighted by atomic mass is 16.5. The summed E-state index contributed by atoms with van der Waals surface area (Å²) >= 11 is 0. The molecule has 0 saturated carbocycles. The van der Waals surface area contributed by atoms with Gasteiger partial charge in [-0.05, 0) is 25.6 Å². The van der Waals surface area contributed by atoms with Crippen molar-refractivity contribution in [1.29, 1.82) is 0 Å². The van der Waals surface area contributed by atoms with E-state index in [1.54, 1.807) is 13.4 Å². The smallest absolute Gasteiger partial charge is 0.124 e. The summed E-state index contributed by atoms with van der Waals surface area (Å²) in [6.07, 6.45) is 1.80. The SMILES string of the molecule is CCNC(c1coc(C)c1)c1ccccc1OCCOC. The van der Waals surface area contributed by atoms with Crippen LogP contribution in [-0.4, -0.2) is 26.9 Å². The van der Waals surface area contributed by atoms with Crippen molar-refractivity contribution in [2.24, 2.45) is 0 Å². The summed E-state index contributed by atoms with van der Waals surface area (Å²) in [4.78, 5) is 0. The van der Waals surface area contributed by atoms with Crippen molar-refractivity contribution in [3.63, 3.8) is 0 Å². The van der Waals surface area contributed by atoms with Gasteiger partial charge in [-0.15, -0.1) is 0 Å². The standard InChI is InChI=1S/C17H23NO3/c1-4-18-17(14-11-13(2)21-12-14)15-7-5-6-8-16(15)20-10-9-19-3/h5-8,11-12,17-18H,4,9-10H2,1-3H3. The molecule has 0 fully saturated rings. The Morgan fingerprint density at radius 2 is 2.05 bits per heavy atom. The van der Waals surface area contributed by atoms with Crippen LogP contribution in [0.4, 0.5) is 0 Å². The van der Waals surface area contributed by atoms with Gasteiger partial charge in [0.25, 0.3) is 0 Å². The van der Waals surface area contributed by atoms with E-state index in [0.717, 1.165) is 29.2 Å². The number of hydrogen-bond acceptors (Lipinski definition) is 4. The summed E-state index contributed by atoms with van der Waals surface area (Å²) < 4.78 is 16.3. The molecule has 1 N–H and O–H groups in total. The van der Waals surface area contributed by atoms with Gasteiger partial charge in [-0.2, -0.15) is 0 Å². The highest BCUT2D eigenvalue weighted by Crippen LogP contribution is 2.31. The van der Waals surface area contributed by atoms with E-state index in [1.165, 1.54) is 0 Å². The Labute approximate surface area is 126 Å². The summed E-state index contributed by atoms with van der Waals surface area (Å²) in [5.74, 6) is 1.78. The van der Waals surface area contributed by atoms with Crippen molar-refractivity contribution < 1.29 is 13.9 Å². The second kappa shape index (κ2) is 7.86. The van der Waals surface area contributed by atoms with Gasteiger partial charge in [0.05, 0.1) is 18.9 Å². The van der Waals surface area contributed by atoms with Gasteiger partial charge >= 0.3 is 0 Å². The van der Waals surface area contributed by atoms with Crippen LogP contribution in [0.15, 0.2) is 41.0 Å². The van der Waals surface area contributed by atoms with Crippen LogP contribution in [0.5, 0.6) is 5.75 Å². The van der Waals surface area contributed by atoms with Crippen LogP contribution in [0.25, 0.3) is 0 Å². The molecule has 114 valence electrons. The fraction of sp³-hybridized carbons (Fsp3) is 0.412. The van der Waals surface area contributed by atoms with Crippen molar-refractivity contribution >= 4 is 0 Å². The number of benzene rings is 1. The van der Waals surface area contributed by atoms with Crippen LogP contribution in [-0.2, 0) is 4.74 Å². The van der Waals surface area contributed by atoms with Crippen LogP contribution in [0, 0.1) is 6.92 Å². The fourth-order valence-electron chi connectivity index (χ4n) is 2.31. The molecule has 0 aliphatic rings. The van der Waals surface area contributed by atoms with E-state index < -0.39 is 0 Å².